The van der Waals surface area contributed by atoms with E-state index in [1.165, 1.54) is 0 Å². The second kappa shape index (κ2) is 10.1. The zero-order chi connectivity index (χ0) is 18.8. The quantitative estimate of drug-likeness (QED) is 0.645. The molecule has 6 nitrogen and oxygen atoms in total. The maximum absolute atomic E-state index is 12.2. The number of hydrogen-bond acceptors (Lipinski definition) is 4. The van der Waals surface area contributed by atoms with E-state index < -0.39 is 0 Å². The van der Waals surface area contributed by atoms with Crippen molar-refractivity contribution in [3.63, 3.8) is 0 Å². The number of carbonyl (C=O) groups excluding carboxylic acids is 2. The Morgan fingerprint density at radius 2 is 1.85 bits per heavy atom. The molecule has 0 aliphatic rings. The second-order valence-electron chi connectivity index (χ2n) is 5.67. The van der Waals surface area contributed by atoms with E-state index in [0.29, 0.717) is 35.8 Å². The lowest BCUT2D eigenvalue weighted by molar-refractivity contribution is -0.114. The van der Waals surface area contributed by atoms with Gasteiger partial charge in [0.15, 0.2) is 0 Å². The number of rotatable bonds is 9. The number of ether oxygens (including phenoxy) is 1. The van der Waals surface area contributed by atoms with Crippen LogP contribution in [-0.4, -0.2) is 31.5 Å². The fraction of sp³-hybridized carbons (Fsp3) is 0.300. The number of carbonyl (C=O) groups is 2. The van der Waals surface area contributed by atoms with Crippen molar-refractivity contribution in [3.05, 3.63) is 54.1 Å². The zero-order valence-corrected chi connectivity index (χ0v) is 15.2. The summed E-state index contributed by atoms with van der Waals surface area (Å²) in [6, 6.07) is 14.4. The van der Waals surface area contributed by atoms with Crippen LogP contribution in [0.15, 0.2) is 48.5 Å². The molecule has 0 unspecified atom stereocenters. The molecular formula is C20H25N3O3. The van der Waals surface area contributed by atoms with Crippen LogP contribution in [0.4, 0.5) is 11.4 Å². The number of para-hydroxylation sites is 2. The number of nitrogens with one attached hydrogen (secondary N) is 3. The van der Waals surface area contributed by atoms with Crippen LogP contribution in [0.25, 0.3) is 0 Å². The third-order valence-electron chi connectivity index (χ3n) is 3.57. The van der Waals surface area contributed by atoms with Gasteiger partial charge in [0.2, 0.25) is 5.91 Å². The molecule has 2 aromatic rings. The van der Waals surface area contributed by atoms with Crippen molar-refractivity contribution >= 4 is 23.2 Å². The summed E-state index contributed by atoms with van der Waals surface area (Å²) >= 11 is 0. The van der Waals surface area contributed by atoms with Gasteiger partial charge in [-0.2, -0.15) is 0 Å². The zero-order valence-electron chi connectivity index (χ0n) is 15.2. The van der Waals surface area contributed by atoms with E-state index in [4.69, 9.17) is 4.74 Å². The van der Waals surface area contributed by atoms with E-state index in [9.17, 15) is 9.59 Å². The van der Waals surface area contributed by atoms with Gasteiger partial charge >= 0.3 is 0 Å². The van der Waals surface area contributed by atoms with Crippen LogP contribution in [0.1, 0.15) is 30.6 Å². The predicted molar refractivity (Wildman–Crippen MR) is 104 cm³/mol. The first-order valence-electron chi connectivity index (χ1n) is 8.77. The van der Waals surface area contributed by atoms with Gasteiger partial charge < -0.3 is 20.7 Å². The highest BCUT2D eigenvalue weighted by molar-refractivity contribution is 5.96. The van der Waals surface area contributed by atoms with E-state index >= 15 is 0 Å². The normalized spacial score (nSPS) is 10.1. The Morgan fingerprint density at radius 1 is 1.04 bits per heavy atom. The number of benzene rings is 2. The Labute approximate surface area is 153 Å². The number of amides is 2. The van der Waals surface area contributed by atoms with Crippen molar-refractivity contribution in [1.29, 1.82) is 0 Å². The van der Waals surface area contributed by atoms with Crippen molar-refractivity contribution in [3.8, 4) is 5.75 Å². The average Bonchev–Trinajstić information content (AvgIpc) is 2.66. The molecule has 0 saturated heterocycles. The van der Waals surface area contributed by atoms with E-state index in [-0.39, 0.29) is 18.4 Å². The first kappa shape index (κ1) is 19.3. The largest absolute Gasteiger partial charge is 0.492 e. The number of anilines is 2. The van der Waals surface area contributed by atoms with Crippen molar-refractivity contribution in [2.75, 3.05) is 30.3 Å². The van der Waals surface area contributed by atoms with E-state index in [1.807, 2.05) is 38.1 Å². The Bertz CT molecular complexity index is 747. The summed E-state index contributed by atoms with van der Waals surface area (Å²) in [5, 5.41) is 8.69. The minimum atomic E-state index is -0.196. The topological polar surface area (TPSA) is 79.5 Å². The van der Waals surface area contributed by atoms with Gasteiger partial charge in [-0.25, -0.2) is 0 Å². The third-order valence-corrected chi connectivity index (χ3v) is 3.57. The average molecular weight is 355 g/mol. The van der Waals surface area contributed by atoms with Crippen LogP contribution in [-0.2, 0) is 4.79 Å². The van der Waals surface area contributed by atoms with Crippen LogP contribution in [0.2, 0.25) is 0 Å². The summed E-state index contributed by atoms with van der Waals surface area (Å²) < 4.78 is 5.50. The fourth-order valence-corrected chi connectivity index (χ4v) is 2.34. The smallest absolute Gasteiger partial charge is 0.251 e. The highest BCUT2D eigenvalue weighted by Crippen LogP contribution is 2.23. The molecule has 0 saturated carbocycles. The summed E-state index contributed by atoms with van der Waals surface area (Å²) in [5.74, 6) is 0.321. The van der Waals surface area contributed by atoms with Crippen LogP contribution >= 0.6 is 0 Å². The van der Waals surface area contributed by atoms with Gasteiger partial charge in [-0.3, -0.25) is 9.59 Å². The van der Waals surface area contributed by atoms with E-state index in [0.717, 1.165) is 6.42 Å². The molecule has 0 fully saturated rings. The van der Waals surface area contributed by atoms with Crippen molar-refractivity contribution in [2.24, 2.45) is 0 Å². The van der Waals surface area contributed by atoms with Gasteiger partial charge in [0, 0.05) is 17.8 Å². The van der Waals surface area contributed by atoms with Gasteiger partial charge in [0.05, 0.1) is 18.8 Å². The van der Waals surface area contributed by atoms with Gasteiger partial charge in [-0.05, 0) is 43.7 Å². The molecule has 2 aromatic carbocycles. The first-order valence-corrected chi connectivity index (χ1v) is 8.77. The van der Waals surface area contributed by atoms with Crippen molar-refractivity contribution in [1.82, 2.24) is 5.32 Å². The van der Waals surface area contributed by atoms with Gasteiger partial charge in [-0.15, -0.1) is 0 Å². The molecule has 0 aliphatic carbocycles. The summed E-state index contributed by atoms with van der Waals surface area (Å²) in [6.45, 7) is 5.14. The highest BCUT2D eigenvalue weighted by atomic mass is 16.5. The fourth-order valence-electron chi connectivity index (χ4n) is 2.34. The van der Waals surface area contributed by atoms with Crippen molar-refractivity contribution < 1.29 is 14.3 Å². The van der Waals surface area contributed by atoms with Crippen LogP contribution in [0.3, 0.4) is 0 Å². The Morgan fingerprint density at radius 3 is 2.62 bits per heavy atom. The molecule has 0 aromatic heterocycles. The van der Waals surface area contributed by atoms with Crippen LogP contribution in [0, 0.1) is 0 Å². The first-order chi connectivity index (χ1) is 12.6. The minimum absolute atomic E-state index is 0.0838. The predicted octanol–water partition coefficient (Wildman–Crippen LogP) is 3.28. The summed E-state index contributed by atoms with van der Waals surface area (Å²) in [5.41, 5.74) is 1.90. The van der Waals surface area contributed by atoms with E-state index in [2.05, 4.69) is 16.0 Å². The highest BCUT2D eigenvalue weighted by Gasteiger charge is 2.08. The Hall–Kier alpha value is -3.02. The molecule has 26 heavy (non-hydrogen) atoms. The van der Waals surface area contributed by atoms with Crippen molar-refractivity contribution in [2.45, 2.75) is 20.3 Å². The molecule has 2 amide bonds. The molecular weight excluding hydrogens is 330 g/mol. The minimum Gasteiger partial charge on any atom is -0.492 e. The molecule has 0 spiro atoms. The maximum atomic E-state index is 12.2. The third kappa shape index (κ3) is 5.81. The second-order valence-corrected chi connectivity index (χ2v) is 5.67. The standard InChI is InChI=1S/C20H25N3O3/c1-3-12-21-20(25)15-8-7-9-16(13-15)22-14-19(24)23-17-10-5-6-11-18(17)26-4-2/h5-11,13,22H,3-4,12,14H2,1-2H3,(H,21,25)(H,23,24). The Balaban J connectivity index is 1.92. The maximum Gasteiger partial charge on any atom is 0.251 e. The van der Waals surface area contributed by atoms with Gasteiger partial charge in [0.1, 0.15) is 5.75 Å². The summed E-state index contributed by atoms with van der Waals surface area (Å²) in [6.07, 6.45) is 0.882. The molecule has 0 aliphatic heterocycles. The van der Waals surface area contributed by atoms with Crippen LogP contribution in [0.5, 0.6) is 5.75 Å². The Kier molecular flexibility index (Phi) is 7.49. The molecule has 0 bridgehead atoms. The summed E-state index contributed by atoms with van der Waals surface area (Å²) in [7, 11) is 0. The lowest BCUT2D eigenvalue weighted by Crippen LogP contribution is -2.24. The summed E-state index contributed by atoms with van der Waals surface area (Å²) in [4.78, 5) is 24.2. The van der Waals surface area contributed by atoms with Crippen LogP contribution < -0.4 is 20.7 Å². The molecule has 2 rings (SSSR count). The van der Waals surface area contributed by atoms with E-state index in [1.54, 1.807) is 24.3 Å². The van der Waals surface area contributed by atoms with Gasteiger partial charge in [-0.1, -0.05) is 25.1 Å². The molecule has 0 atom stereocenters. The molecule has 3 N–H and O–H groups in total. The van der Waals surface area contributed by atoms with Gasteiger partial charge in [0.25, 0.3) is 5.91 Å². The molecule has 0 radical (unpaired) electrons. The lowest BCUT2D eigenvalue weighted by atomic mass is 10.2. The monoisotopic (exact) mass is 355 g/mol. The molecule has 0 heterocycles. The molecule has 138 valence electrons. The lowest BCUT2D eigenvalue weighted by Gasteiger charge is -2.12. The molecule has 6 heteroatoms. The SMILES string of the molecule is CCCNC(=O)c1cccc(NCC(=O)Nc2ccccc2OCC)c1. The number of hydrogen-bond donors (Lipinski definition) is 3.